The maximum Gasteiger partial charge on any atom is 0.311 e. The first-order chi connectivity index (χ1) is 14.2. The number of esters is 1. The predicted molar refractivity (Wildman–Crippen MR) is 123 cm³/mol. The Hall–Kier alpha value is -2.03. The van der Waals surface area contributed by atoms with Gasteiger partial charge in [0.05, 0.1) is 7.11 Å². The summed E-state index contributed by atoms with van der Waals surface area (Å²) in [6.07, 6.45) is 21.1. The molecule has 0 N–H and O–H groups in total. The van der Waals surface area contributed by atoms with Crippen LogP contribution in [0.5, 0.6) is 11.5 Å². The fourth-order valence-corrected chi connectivity index (χ4v) is 3.25. The van der Waals surface area contributed by atoms with Gasteiger partial charge in [-0.05, 0) is 56.2 Å². The van der Waals surface area contributed by atoms with E-state index in [1.54, 1.807) is 13.2 Å². The maximum absolute atomic E-state index is 12.1. The van der Waals surface area contributed by atoms with Crippen molar-refractivity contribution in [2.24, 2.45) is 0 Å². The van der Waals surface area contributed by atoms with E-state index in [1.165, 1.54) is 57.8 Å². The smallest absolute Gasteiger partial charge is 0.311 e. The number of ether oxygens (including phenoxy) is 2. The molecule has 0 bridgehead atoms. The van der Waals surface area contributed by atoms with Crippen LogP contribution in [-0.2, 0) is 11.2 Å². The minimum atomic E-state index is -0.189. The molecule has 0 heterocycles. The zero-order valence-electron chi connectivity index (χ0n) is 18.6. The highest BCUT2D eigenvalue weighted by Gasteiger charge is 2.10. The van der Waals surface area contributed by atoms with Crippen LogP contribution in [0.1, 0.15) is 89.5 Å². The maximum atomic E-state index is 12.1. The summed E-state index contributed by atoms with van der Waals surface area (Å²) < 4.78 is 10.8. The van der Waals surface area contributed by atoms with E-state index in [4.69, 9.17) is 9.47 Å². The lowest BCUT2D eigenvalue weighted by molar-refractivity contribution is -0.134. The Morgan fingerprint density at radius 2 is 1.59 bits per heavy atom. The van der Waals surface area contributed by atoms with Gasteiger partial charge in [0.25, 0.3) is 0 Å². The summed E-state index contributed by atoms with van der Waals surface area (Å²) in [6.45, 7) is 5.99. The molecule has 0 saturated heterocycles. The third-order valence-electron chi connectivity index (χ3n) is 4.97. The number of carbonyl (C=O) groups is 1. The number of rotatable bonds is 17. The van der Waals surface area contributed by atoms with Crippen LogP contribution in [0.3, 0.4) is 0 Å². The quantitative estimate of drug-likeness (QED) is 0.117. The number of hydrogen-bond acceptors (Lipinski definition) is 3. The van der Waals surface area contributed by atoms with E-state index in [0.29, 0.717) is 17.9 Å². The second-order valence-corrected chi connectivity index (χ2v) is 7.58. The summed E-state index contributed by atoms with van der Waals surface area (Å²) >= 11 is 0. The summed E-state index contributed by atoms with van der Waals surface area (Å²) in [6, 6.07) is 5.63. The molecule has 0 saturated carbocycles. The van der Waals surface area contributed by atoms with Crippen molar-refractivity contribution in [1.82, 2.24) is 0 Å². The molecule has 0 aliphatic heterocycles. The number of carbonyl (C=O) groups excluding carboxylic acids is 1. The van der Waals surface area contributed by atoms with Gasteiger partial charge in [0.15, 0.2) is 11.5 Å². The van der Waals surface area contributed by atoms with Crippen molar-refractivity contribution >= 4 is 5.97 Å². The lowest BCUT2D eigenvalue weighted by Crippen LogP contribution is -2.08. The van der Waals surface area contributed by atoms with Crippen molar-refractivity contribution in [3.8, 4) is 11.5 Å². The van der Waals surface area contributed by atoms with Gasteiger partial charge < -0.3 is 9.47 Å². The first-order valence-corrected chi connectivity index (χ1v) is 11.3. The van der Waals surface area contributed by atoms with Gasteiger partial charge >= 0.3 is 5.97 Å². The lowest BCUT2D eigenvalue weighted by Gasteiger charge is -2.10. The fraction of sp³-hybridized carbons (Fsp3) is 0.577. The van der Waals surface area contributed by atoms with Crippen LogP contribution in [0.2, 0.25) is 0 Å². The molecule has 3 heteroatoms. The van der Waals surface area contributed by atoms with Crippen molar-refractivity contribution in [1.29, 1.82) is 0 Å². The Morgan fingerprint density at radius 3 is 2.24 bits per heavy atom. The Kier molecular flexibility index (Phi) is 14.6. The van der Waals surface area contributed by atoms with Crippen LogP contribution < -0.4 is 9.47 Å². The molecule has 0 aliphatic carbocycles. The molecule has 1 aromatic carbocycles. The van der Waals surface area contributed by atoms with E-state index >= 15 is 0 Å². The number of methoxy groups -OCH3 is 1. The Balaban J connectivity index is 2.10. The molecule has 1 rings (SSSR count). The van der Waals surface area contributed by atoms with Crippen LogP contribution in [-0.4, -0.2) is 13.1 Å². The molecule has 0 unspecified atom stereocenters. The largest absolute Gasteiger partial charge is 0.493 e. The number of unbranched alkanes of at least 4 members (excludes halogenated alkanes) is 9. The molecule has 3 nitrogen and oxygen atoms in total. The highest BCUT2D eigenvalue weighted by Crippen LogP contribution is 2.29. The van der Waals surface area contributed by atoms with E-state index in [0.717, 1.165) is 24.8 Å². The summed E-state index contributed by atoms with van der Waals surface area (Å²) in [5.41, 5.74) is 1.09. The average molecular weight is 401 g/mol. The van der Waals surface area contributed by atoms with Crippen molar-refractivity contribution < 1.29 is 14.3 Å². The summed E-state index contributed by atoms with van der Waals surface area (Å²) in [7, 11) is 1.59. The monoisotopic (exact) mass is 400 g/mol. The van der Waals surface area contributed by atoms with Gasteiger partial charge in [0.2, 0.25) is 0 Å². The molecule has 0 radical (unpaired) electrons. The van der Waals surface area contributed by atoms with E-state index in [9.17, 15) is 4.79 Å². The lowest BCUT2D eigenvalue weighted by atomic mass is 10.1. The Labute approximate surface area is 178 Å². The normalized spacial score (nSPS) is 11.0. The Bertz CT molecular complexity index is 604. The highest BCUT2D eigenvalue weighted by atomic mass is 16.6. The van der Waals surface area contributed by atoms with Crippen LogP contribution in [0, 0.1) is 0 Å². The summed E-state index contributed by atoms with van der Waals surface area (Å²) in [5.74, 6) is 0.897. The van der Waals surface area contributed by atoms with Crippen LogP contribution in [0.4, 0.5) is 0 Å². The van der Waals surface area contributed by atoms with E-state index in [2.05, 4.69) is 25.7 Å². The topological polar surface area (TPSA) is 35.5 Å². The summed E-state index contributed by atoms with van der Waals surface area (Å²) in [5, 5.41) is 0. The molecular weight excluding hydrogens is 360 g/mol. The van der Waals surface area contributed by atoms with Crippen molar-refractivity contribution in [3.63, 3.8) is 0 Å². The van der Waals surface area contributed by atoms with Gasteiger partial charge in [-0.2, -0.15) is 0 Å². The third kappa shape index (κ3) is 12.2. The molecule has 29 heavy (non-hydrogen) atoms. The van der Waals surface area contributed by atoms with E-state index in [1.807, 2.05) is 18.2 Å². The van der Waals surface area contributed by atoms with Crippen LogP contribution >= 0.6 is 0 Å². The molecular formula is C26H40O3. The molecule has 162 valence electrons. The molecule has 0 aliphatic rings. The van der Waals surface area contributed by atoms with Crippen molar-refractivity contribution in [2.75, 3.05) is 7.11 Å². The molecule has 1 aromatic rings. The van der Waals surface area contributed by atoms with Crippen LogP contribution in [0.25, 0.3) is 0 Å². The first-order valence-electron chi connectivity index (χ1n) is 11.3. The van der Waals surface area contributed by atoms with Gasteiger partial charge in [0, 0.05) is 6.42 Å². The zero-order valence-corrected chi connectivity index (χ0v) is 18.6. The Morgan fingerprint density at radius 1 is 0.931 bits per heavy atom. The van der Waals surface area contributed by atoms with Crippen molar-refractivity contribution in [2.45, 2.75) is 90.4 Å². The molecule has 0 fully saturated rings. The van der Waals surface area contributed by atoms with Gasteiger partial charge in [-0.25, -0.2) is 0 Å². The second-order valence-electron chi connectivity index (χ2n) is 7.58. The van der Waals surface area contributed by atoms with Gasteiger partial charge in [-0.15, -0.1) is 6.58 Å². The number of allylic oxidation sites excluding steroid dienone is 3. The minimum Gasteiger partial charge on any atom is -0.493 e. The molecule has 0 amide bonds. The van der Waals surface area contributed by atoms with Crippen LogP contribution in [0.15, 0.2) is 43.0 Å². The minimum absolute atomic E-state index is 0.189. The third-order valence-corrected chi connectivity index (χ3v) is 4.97. The van der Waals surface area contributed by atoms with Gasteiger partial charge in [-0.1, -0.05) is 69.7 Å². The molecule has 0 atom stereocenters. The van der Waals surface area contributed by atoms with Crippen molar-refractivity contribution in [3.05, 3.63) is 48.6 Å². The second kappa shape index (κ2) is 16.9. The van der Waals surface area contributed by atoms with E-state index in [-0.39, 0.29) is 5.97 Å². The SMILES string of the molecule is C=CCc1ccc(OC(=O)CCCCCCC/C=C\CCCCCC)c(OC)c1. The first kappa shape index (κ1) is 25.0. The molecule has 0 spiro atoms. The summed E-state index contributed by atoms with van der Waals surface area (Å²) in [4.78, 5) is 12.1. The molecule has 0 aromatic heterocycles. The number of benzene rings is 1. The average Bonchev–Trinajstić information content (AvgIpc) is 2.72. The fourth-order valence-electron chi connectivity index (χ4n) is 3.25. The standard InChI is InChI=1S/C26H40O3/c1-4-6-7-8-9-10-11-12-13-14-15-16-17-19-26(27)29-24-21-20-23(18-5-2)22-25(24)28-3/h5,10-11,20-22H,2,4,6-9,12-19H2,1,3H3/b11-10-. The van der Waals surface area contributed by atoms with Gasteiger partial charge in [-0.3, -0.25) is 4.79 Å². The predicted octanol–water partition coefficient (Wildman–Crippen LogP) is 7.59. The van der Waals surface area contributed by atoms with Gasteiger partial charge in [0.1, 0.15) is 0 Å². The highest BCUT2D eigenvalue weighted by molar-refractivity contribution is 5.73. The number of hydrogen-bond donors (Lipinski definition) is 0. The zero-order chi connectivity index (χ0) is 21.2. The van der Waals surface area contributed by atoms with E-state index < -0.39 is 0 Å².